The molecule has 4 aromatic rings. The minimum absolute atomic E-state index is 0.129. The number of carbonyl (C=O) groups is 4. The molecule has 3 heterocycles. The number of nitrogens with zero attached hydrogens (tertiary/aromatic N) is 4. The van der Waals surface area contributed by atoms with Gasteiger partial charge in [0.25, 0.3) is 0 Å². The Bertz CT molecular complexity index is 2030. The normalized spacial score (nSPS) is 19.5. The van der Waals surface area contributed by atoms with Crippen LogP contribution in [0.5, 0.6) is 0 Å². The molecular formula is C40H48F2N8O6. The number of H-pyrrole nitrogens is 2. The number of likely N-dealkylation sites (tertiary alicyclic amines) is 1. The molecule has 1 aliphatic carbocycles. The molecule has 2 aromatic carbocycles. The summed E-state index contributed by atoms with van der Waals surface area (Å²) in [6.07, 6.45) is 2.18. The van der Waals surface area contributed by atoms with E-state index in [0.717, 1.165) is 52.9 Å². The molecule has 1 unspecified atom stereocenters. The minimum Gasteiger partial charge on any atom is -0.453 e. The van der Waals surface area contributed by atoms with Gasteiger partial charge in [0.1, 0.15) is 17.7 Å². The molecule has 2 aliphatic rings. The van der Waals surface area contributed by atoms with Gasteiger partial charge in [-0.3, -0.25) is 9.59 Å². The van der Waals surface area contributed by atoms with Gasteiger partial charge in [0.2, 0.25) is 17.7 Å². The number of imidazole rings is 2. The topological polar surface area (TPSA) is 175 Å². The number of amides is 4. The van der Waals surface area contributed by atoms with E-state index >= 15 is 0 Å². The minimum atomic E-state index is -3.08. The van der Waals surface area contributed by atoms with Gasteiger partial charge in [-0.1, -0.05) is 62.4 Å². The zero-order chi connectivity index (χ0) is 40.3. The smallest absolute Gasteiger partial charge is 0.425 e. The van der Waals surface area contributed by atoms with E-state index in [2.05, 4.69) is 35.4 Å². The van der Waals surface area contributed by atoms with Crippen LogP contribution in [0.3, 0.4) is 0 Å². The summed E-state index contributed by atoms with van der Waals surface area (Å²) < 4.78 is 38.9. The van der Waals surface area contributed by atoms with Crippen molar-refractivity contribution in [2.75, 3.05) is 20.8 Å². The molecule has 4 amide bonds. The Balaban J connectivity index is 1.13. The molecule has 16 heteroatoms. The SMILES string of the molecule is COC(=O)N[C@H](C(=O)N1CCCC1c1ncc(-c2ccc(-c3ccc(-c4cnc([C@H]5CC(F)(F)C[C@H]5C(=O)N(NC(=O)OC)C(C)C)[nH]4)cc3)cc2)[nH]1)C(C)C. The predicted octanol–water partition coefficient (Wildman–Crippen LogP) is 6.81. The molecule has 4 atom stereocenters. The fraction of sp³-hybridized carbons (Fsp3) is 0.450. The first-order chi connectivity index (χ1) is 26.7. The van der Waals surface area contributed by atoms with Gasteiger partial charge in [0, 0.05) is 31.3 Å². The van der Waals surface area contributed by atoms with Crippen molar-refractivity contribution < 1.29 is 37.4 Å². The number of halogens is 2. The summed E-state index contributed by atoms with van der Waals surface area (Å²) >= 11 is 0. The Kier molecular flexibility index (Phi) is 11.8. The quantitative estimate of drug-likeness (QED) is 0.127. The number of carbonyl (C=O) groups excluding carboxylic acids is 4. The molecule has 2 aromatic heterocycles. The van der Waals surface area contributed by atoms with Crippen LogP contribution < -0.4 is 10.7 Å². The highest BCUT2D eigenvalue weighted by molar-refractivity contribution is 5.86. The van der Waals surface area contributed by atoms with E-state index < -0.39 is 60.8 Å². The van der Waals surface area contributed by atoms with Crippen molar-refractivity contribution in [3.8, 4) is 33.6 Å². The van der Waals surface area contributed by atoms with Gasteiger partial charge in [0.15, 0.2) is 0 Å². The lowest BCUT2D eigenvalue weighted by molar-refractivity contribution is -0.141. The lowest BCUT2D eigenvalue weighted by Gasteiger charge is -2.30. The number of hydrogen-bond acceptors (Lipinski definition) is 8. The number of aromatic nitrogens is 4. The number of aromatic amines is 2. The van der Waals surface area contributed by atoms with Crippen LogP contribution in [0.15, 0.2) is 60.9 Å². The number of nitrogens with one attached hydrogen (secondary N) is 4. The van der Waals surface area contributed by atoms with E-state index in [1.807, 2.05) is 62.4 Å². The average molecular weight is 775 g/mol. The Morgan fingerprint density at radius 2 is 1.36 bits per heavy atom. The van der Waals surface area contributed by atoms with E-state index in [1.54, 1.807) is 31.1 Å². The lowest BCUT2D eigenvalue weighted by atomic mass is 9.94. The van der Waals surface area contributed by atoms with E-state index in [1.165, 1.54) is 7.11 Å². The zero-order valence-electron chi connectivity index (χ0n) is 32.3. The van der Waals surface area contributed by atoms with Crippen molar-refractivity contribution in [1.29, 1.82) is 0 Å². The summed E-state index contributed by atoms with van der Waals surface area (Å²) in [5, 5.41) is 3.71. The molecule has 4 N–H and O–H groups in total. The van der Waals surface area contributed by atoms with Crippen LogP contribution in [0, 0.1) is 11.8 Å². The summed E-state index contributed by atoms with van der Waals surface area (Å²) in [6.45, 7) is 7.66. The van der Waals surface area contributed by atoms with Gasteiger partial charge >= 0.3 is 12.2 Å². The monoisotopic (exact) mass is 774 g/mol. The van der Waals surface area contributed by atoms with Crippen molar-refractivity contribution in [2.24, 2.45) is 11.8 Å². The second kappa shape index (κ2) is 16.5. The highest BCUT2D eigenvalue weighted by Crippen LogP contribution is 2.48. The maximum Gasteiger partial charge on any atom is 0.425 e. The zero-order valence-corrected chi connectivity index (χ0v) is 32.3. The van der Waals surface area contributed by atoms with E-state index in [0.29, 0.717) is 18.1 Å². The molecule has 56 heavy (non-hydrogen) atoms. The fourth-order valence-electron chi connectivity index (χ4n) is 7.52. The van der Waals surface area contributed by atoms with Crippen LogP contribution in [0.2, 0.25) is 0 Å². The van der Waals surface area contributed by atoms with Crippen molar-refractivity contribution in [1.82, 2.24) is 40.6 Å². The Morgan fingerprint density at radius 3 is 1.89 bits per heavy atom. The first-order valence-corrected chi connectivity index (χ1v) is 18.7. The molecule has 14 nitrogen and oxygen atoms in total. The van der Waals surface area contributed by atoms with Crippen LogP contribution in [-0.4, -0.2) is 92.6 Å². The first-order valence-electron chi connectivity index (χ1n) is 18.7. The van der Waals surface area contributed by atoms with Crippen molar-refractivity contribution in [3.63, 3.8) is 0 Å². The van der Waals surface area contributed by atoms with Gasteiger partial charge < -0.3 is 29.7 Å². The molecule has 2 fully saturated rings. The summed E-state index contributed by atoms with van der Waals surface area (Å²) in [5.74, 6) is -5.04. The third-order valence-corrected chi connectivity index (χ3v) is 10.5. The third-order valence-electron chi connectivity index (χ3n) is 10.5. The van der Waals surface area contributed by atoms with Gasteiger partial charge in [-0.25, -0.2) is 38.8 Å². The van der Waals surface area contributed by atoms with Gasteiger partial charge in [-0.2, -0.15) is 0 Å². The van der Waals surface area contributed by atoms with Gasteiger partial charge in [0.05, 0.1) is 50.0 Å². The number of hydrazine groups is 1. The van der Waals surface area contributed by atoms with Crippen LogP contribution >= 0.6 is 0 Å². The van der Waals surface area contributed by atoms with Gasteiger partial charge in [-0.15, -0.1) is 0 Å². The number of methoxy groups -OCH3 is 2. The Labute approximate surface area is 323 Å². The third kappa shape index (κ3) is 8.53. The van der Waals surface area contributed by atoms with Crippen LogP contribution in [0.4, 0.5) is 18.4 Å². The standard InChI is InChI=1S/C40H48F2N8O6/c1-22(2)33(47-38(53)55-5)37(52)49-17-7-8-32(49)35-44-21-31(46-35)27-15-11-25(12-16-27)24-9-13-26(14-10-24)30-20-43-34(45-30)28-18-40(41,42)19-29(28)36(51)50(23(3)4)48-39(54)56-6/h9-16,20-23,28-29,32-33H,7-8,17-19H2,1-6H3,(H,43,45)(H,44,46)(H,47,53)(H,48,54)/t28-,29+,32?,33-/m0/s1. The maximum absolute atomic E-state index is 14.8. The van der Waals surface area contributed by atoms with Gasteiger partial charge in [-0.05, 0) is 54.9 Å². The summed E-state index contributed by atoms with van der Waals surface area (Å²) in [7, 11) is 2.43. The summed E-state index contributed by atoms with van der Waals surface area (Å²) in [5.41, 5.74) is 7.42. The Hall–Kier alpha value is -5.80. The molecule has 1 saturated heterocycles. The highest BCUT2D eigenvalue weighted by Gasteiger charge is 2.52. The fourth-order valence-corrected chi connectivity index (χ4v) is 7.52. The van der Waals surface area contributed by atoms with Crippen molar-refractivity contribution in [3.05, 3.63) is 72.6 Å². The molecule has 1 saturated carbocycles. The number of rotatable bonds is 10. The van der Waals surface area contributed by atoms with Crippen molar-refractivity contribution >= 4 is 24.0 Å². The molecule has 298 valence electrons. The number of alkyl halides is 2. The highest BCUT2D eigenvalue weighted by atomic mass is 19.3. The largest absolute Gasteiger partial charge is 0.453 e. The van der Waals surface area contributed by atoms with Crippen LogP contribution in [0.1, 0.15) is 77.0 Å². The number of alkyl carbamates (subject to hydrolysis) is 1. The molecule has 6 rings (SSSR count). The summed E-state index contributed by atoms with van der Waals surface area (Å²) in [6, 6.07) is 14.3. The number of hydrogen-bond donors (Lipinski definition) is 4. The summed E-state index contributed by atoms with van der Waals surface area (Å²) in [4.78, 5) is 68.2. The molecule has 0 radical (unpaired) electrons. The van der Waals surface area contributed by atoms with E-state index in [-0.39, 0.29) is 23.7 Å². The first kappa shape index (κ1) is 39.9. The maximum atomic E-state index is 14.8. The average Bonchev–Trinajstić information content (AvgIpc) is 4.01. The van der Waals surface area contributed by atoms with Crippen LogP contribution in [0.25, 0.3) is 33.6 Å². The number of ether oxygens (including phenoxy) is 2. The number of benzene rings is 2. The second-order valence-electron chi connectivity index (χ2n) is 14.9. The Morgan fingerprint density at radius 1 is 0.821 bits per heavy atom. The van der Waals surface area contributed by atoms with Crippen molar-refractivity contribution in [2.45, 2.75) is 83.3 Å². The second-order valence-corrected chi connectivity index (χ2v) is 14.9. The molecule has 0 bridgehead atoms. The molecule has 1 aliphatic heterocycles. The predicted molar refractivity (Wildman–Crippen MR) is 203 cm³/mol. The molecular weight excluding hydrogens is 726 g/mol. The van der Waals surface area contributed by atoms with E-state index in [4.69, 9.17) is 4.74 Å². The van der Waals surface area contributed by atoms with E-state index in [9.17, 15) is 28.0 Å². The van der Waals surface area contributed by atoms with Crippen LogP contribution in [-0.2, 0) is 19.1 Å². The lowest BCUT2D eigenvalue weighted by Crippen LogP contribution is -2.52. The molecule has 0 spiro atoms.